The molecule has 1 N–H and O–H groups in total. The number of aromatic nitrogens is 1. The van der Waals surface area contributed by atoms with Crippen molar-refractivity contribution in [2.24, 2.45) is 0 Å². The third-order valence-corrected chi connectivity index (χ3v) is 3.32. The van der Waals surface area contributed by atoms with Gasteiger partial charge in [-0.05, 0) is 18.1 Å². The lowest BCUT2D eigenvalue weighted by molar-refractivity contribution is -0.138. The van der Waals surface area contributed by atoms with Crippen LogP contribution < -0.4 is 0 Å². The van der Waals surface area contributed by atoms with Gasteiger partial charge in [-0.25, -0.2) is 0 Å². The van der Waals surface area contributed by atoms with Crippen LogP contribution in [-0.4, -0.2) is 36.4 Å². The number of rotatable bonds is 5. The summed E-state index contributed by atoms with van der Waals surface area (Å²) in [7, 11) is 1.62. The molecule has 5 heteroatoms. The highest BCUT2D eigenvalue weighted by Crippen LogP contribution is 2.36. The van der Waals surface area contributed by atoms with Crippen molar-refractivity contribution in [3.8, 4) is 0 Å². The summed E-state index contributed by atoms with van der Waals surface area (Å²) in [4.78, 5) is 15.3. The van der Waals surface area contributed by atoms with Gasteiger partial charge in [0, 0.05) is 25.3 Å². The molecule has 0 aliphatic carbocycles. The summed E-state index contributed by atoms with van der Waals surface area (Å²) in [6, 6.07) is 3.81. The molecule has 5 nitrogen and oxygen atoms in total. The van der Waals surface area contributed by atoms with Gasteiger partial charge in [0.1, 0.15) is 0 Å². The predicted octanol–water partition coefficient (Wildman–Crippen LogP) is 1.36. The van der Waals surface area contributed by atoms with Crippen molar-refractivity contribution < 1.29 is 19.4 Å². The maximum Gasteiger partial charge on any atom is 0.304 e. The highest BCUT2D eigenvalue weighted by Gasteiger charge is 2.39. The maximum atomic E-state index is 11.0. The monoisotopic (exact) mass is 251 g/mol. The van der Waals surface area contributed by atoms with Gasteiger partial charge in [-0.3, -0.25) is 9.78 Å². The van der Waals surface area contributed by atoms with E-state index in [0.29, 0.717) is 19.8 Å². The fourth-order valence-corrected chi connectivity index (χ4v) is 2.34. The summed E-state index contributed by atoms with van der Waals surface area (Å²) in [5.41, 5.74) is 1.35. The number of pyridine rings is 1. The molecule has 1 saturated heterocycles. The zero-order valence-electron chi connectivity index (χ0n) is 10.4. The van der Waals surface area contributed by atoms with E-state index in [0.717, 1.165) is 17.7 Å². The molecule has 1 aliphatic rings. The third-order valence-electron chi connectivity index (χ3n) is 3.32. The van der Waals surface area contributed by atoms with E-state index in [1.807, 2.05) is 12.1 Å². The highest BCUT2D eigenvalue weighted by atomic mass is 16.5. The van der Waals surface area contributed by atoms with Crippen molar-refractivity contribution in [3.05, 3.63) is 29.6 Å². The lowest BCUT2D eigenvalue weighted by atomic mass is 9.78. The molecular formula is C13H17NO4. The second kappa shape index (κ2) is 5.46. The van der Waals surface area contributed by atoms with E-state index >= 15 is 0 Å². The molecule has 1 aliphatic heterocycles. The molecular weight excluding hydrogens is 234 g/mol. The summed E-state index contributed by atoms with van der Waals surface area (Å²) in [6.45, 7) is 1.51. The van der Waals surface area contributed by atoms with E-state index in [9.17, 15) is 4.79 Å². The van der Waals surface area contributed by atoms with Crippen LogP contribution in [-0.2, 0) is 26.3 Å². The minimum atomic E-state index is -0.804. The highest BCUT2D eigenvalue weighted by molar-refractivity contribution is 5.69. The molecule has 1 aromatic rings. The van der Waals surface area contributed by atoms with Gasteiger partial charge in [-0.1, -0.05) is 6.07 Å². The Balaban J connectivity index is 2.22. The Morgan fingerprint density at radius 1 is 1.61 bits per heavy atom. The zero-order valence-corrected chi connectivity index (χ0v) is 10.4. The predicted molar refractivity (Wildman–Crippen MR) is 64.3 cm³/mol. The standard InChI is InChI=1S/C13H17NO4/c1-17-8-11-3-2-10(7-14-11)13(6-12(15)16)4-5-18-9-13/h2-3,7H,4-6,8-9H2,1H3,(H,15,16). The fourth-order valence-electron chi connectivity index (χ4n) is 2.34. The number of methoxy groups -OCH3 is 1. The van der Waals surface area contributed by atoms with Crippen LogP contribution in [0.2, 0.25) is 0 Å². The van der Waals surface area contributed by atoms with E-state index in [-0.39, 0.29) is 6.42 Å². The van der Waals surface area contributed by atoms with Gasteiger partial charge in [0.25, 0.3) is 0 Å². The largest absolute Gasteiger partial charge is 0.481 e. The number of carbonyl (C=O) groups is 1. The van der Waals surface area contributed by atoms with Gasteiger partial charge in [0.05, 0.1) is 25.3 Å². The molecule has 1 unspecified atom stereocenters. The molecule has 0 bridgehead atoms. The van der Waals surface area contributed by atoms with Crippen molar-refractivity contribution >= 4 is 5.97 Å². The molecule has 2 rings (SSSR count). The Kier molecular flexibility index (Phi) is 3.93. The summed E-state index contributed by atoms with van der Waals surface area (Å²) >= 11 is 0. The summed E-state index contributed by atoms with van der Waals surface area (Å²) in [5, 5.41) is 9.04. The van der Waals surface area contributed by atoms with Crippen molar-refractivity contribution in [1.29, 1.82) is 0 Å². The number of ether oxygens (including phenoxy) is 2. The fraction of sp³-hybridized carbons (Fsp3) is 0.538. The minimum Gasteiger partial charge on any atom is -0.481 e. The summed E-state index contributed by atoms with van der Waals surface area (Å²) < 4.78 is 10.4. The molecule has 98 valence electrons. The first-order valence-corrected chi connectivity index (χ1v) is 5.90. The Hall–Kier alpha value is -1.46. The molecule has 2 heterocycles. The van der Waals surface area contributed by atoms with Gasteiger partial charge in [0.2, 0.25) is 0 Å². The molecule has 0 aromatic carbocycles. The summed E-state index contributed by atoms with van der Waals surface area (Å²) in [5.74, 6) is -0.804. The van der Waals surface area contributed by atoms with Gasteiger partial charge < -0.3 is 14.6 Å². The zero-order chi connectivity index (χ0) is 13.0. The van der Waals surface area contributed by atoms with Crippen LogP contribution >= 0.6 is 0 Å². The van der Waals surface area contributed by atoms with Gasteiger partial charge >= 0.3 is 5.97 Å². The number of hydrogen-bond acceptors (Lipinski definition) is 4. The molecule has 1 aromatic heterocycles. The Bertz CT molecular complexity index is 410. The first-order valence-electron chi connectivity index (χ1n) is 5.90. The smallest absolute Gasteiger partial charge is 0.304 e. The number of carboxylic acids is 1. The third kappa shape index (κ3) is 2.68. The molecule has 0 spiro atoms. The van der Waals surface area contributed by atoms with E-state index < -0.39 is 11.4 Å². The summed E-state index contributed by atoms with van der Waals surface area (Å²) in [6.07, 6.45) is 2.55. The Morgan fingerprint density at radius 3 is 2.94 bits per heavy atom. The average molecular weight is 251 g/mol. The van der Waals surface area contributed by atoms with Crippen LogP contribution in [0.4, 0.5) is 0 Å². The van der Waals surface area contributed by atoms with Gasteiger partial charge in [0.15, 0.2) is 0 Å². The van der Waals surface area contributed by atoms with Crippen LogP contribution in [0.15, 0.2) is 18.3 Å². The van der Waals surface area contributed by atoms with Crippen LogP contribution in [0.25, 0.3) is 0 Å². The van der Waals surface area contributed by atoms with E-state index in [2.05, 4.69) is 4.98 Å². The lowest BCUT2D eigenvalue weighted by Gasteiger charge is -2.25. The maximum absolute atomic E-state index is 11.0. The molecule has 0 saturated carbocycles. The molecule has 1 atom stereocenters. The Morgan fingerprint density at radius 2 is 2.44 bits per heavy atom. The molecule has 1 fully saturated rings. The van der Waals surface area contributed by atoms with Crippen molar-refractivity contribution in [3.63, 3.8) is 0 Å². The number of hydrogen-bond donors (Lipinski definition) is 1. The SMILES string of the molecule is COCc1ccc(C2(CC(=O)O)CCOC2)cn1. The molecule has 0 radical (unpaired) electrons. The topological polar surface area (TPSA) is 68.7 Å². The number of aliphatic carboxylic acids is 1. The van der Waals surface area contributed by atoms with Gasteiger partial charge in [-0.15, -0.1) is 0 Å². The van der Waals surface area contributed by atoms with Gasteiger partial charge in [-0.2, -0.15) is 0 Å². The van der Waals surface area contributed by atoms with Crippen LogP contribution in [0.3, 0.4) is 0 Å². The van der Waals surface area contributed by atoms with E-state index in [1.54, 1.807) is 13.3 Å². The Labute approximate surface area is 106 Å². The molecule has 18 heavy (non-hydrogen) atoms. The molecule has 0 amide bonds. The minimum absolute atomic E-state index is 0.0817. The number of nitrogens with zero attached hydrogens (tertiary/aromatic N) is 1. The second-order valence-corrected chi connectivity index (χ2v) is 4.62. The van der Waals surface area contributed by atoms with Crippen LogP contribution in [0, 0.1) is 0 Å². The lowest BCUT2D eigenvalue weighted by Crippen LogP contribution is -2.30. The van der Waals surface area contributed by atoms with Crippen molar-refractivity contribution in [2.45, 2.75) is 24.9 Å². The van der Waals surface area contributed by atoms with Crippen molar-refractivity contribution in [2.75, 3.05) is 20.3 Å². The van der Waals surface area contributed by atoms with Crippen molar-refractivity contribution in [1.82, 2.24) is 4.98 Å². The van der Waals surface area contributed by atoms with Crippen LogP contribution in [0.1, 0.15) is 24.1 Å². The average Bonchev–Trinajstić information content (AvgIpc) is 2.79. The first kappa shape index (κ1) is 13.0. The normalized spacial score (nSPS) is 23.2. The van der Waals surface area contributed by atoms with E-state index in [1.165, 1.54) is 0 Å². The second-order valence-electron chi connectivity index (χ2n) is 4.62. The van der Waals surface area contributed by atoms with E-state index in [4.69, 9.17) is 14.6 Å². The first-order chi connectivity index (χ1) is 8.66. The number of carboxylic acid groups (broad SMARTS) is 1. The quantitative estimate of drug-likeness (QED) is 0.855. The van der Waals surface area contributed by atoms with Crippen LogP contribution in [0.5, 0.6) is 0 Å².